The van der Waals surface area contributed by atoms with Gasteiger partial charge in [-0.15, -0.1) is 0 Å². The molecule has 3 atom stereocenters. The average molecular weight is 548 g/mol. The number of aromatic nitrogens is 2. The van der Waals surface area contributed by atoms with Gasteiger partial charge in [0, 0.05) is 43.6 Å². The van der Waals surface area contributed by atoms with Crippen molar-refractivity contribution in [1.29, 1.82) is 0 Å². The normalized spacial score (nSPS) is 21.8. The Morgan fingerprint density at radius 2 is 1.82 bits per heavy atom. The first-order valence-corrected chi connectivity index (χ1v) is 14.2. The van der Waals surface area contributed by atoms with E-state index in [1.807, 2.05) is 53.1 Å². The Kier molecular flexibility index (Phi) is 7.18. The van der Waals surface area contributed by atoms with Crippen molar-refractivity contribution < 1.29 is 9.32 Å². The molecule has 1 saturated heterocycles. The van der Waals surface area contributed by atoms with Crippen LogP contribution in [0.3, 0.4) is 0 Å². The molecule has 2 aromatic heterocycles. The van der Waals surface area contributed by atoms with E-state index in [1.54, 1.807) is 6.92 Å². The molecule has 1 amide bonds. The molecule has 1 aliphatic heterocycles. The molecule has 204 valence electrons. The van der Waals surface area contributed by atoms with Gasteiger partial charge in [-0.2, -0.15) is 0 Å². The van der Waals surface area contributed by atoms with Crippen LogP contribution in [-0.2, 0) is 4.79 Å². The number of nitrogens with one attached hydrogen (secondary N) is 1. The monoisotopic (exact) mass is 547 g/mol. The van der Waals surface area contributed by atoms with Gasteiger partial charge in [0.1, 0.15) is 22.7 Å². The van der Waals surface area contributed by atoms with E-state index in [9.17, 15) is 9.59 Å². The van der Waals surface area contributed by atoms with Crippen LogP contribution in [-0.4, -0.2) is 64.7 Å². The highest BCUT2D eigenvalue weighted by molar-refractivity contribution is 6.37. The van der Waals surface area contributed by atoms with E-state index in [1.165, 1.54) is 0 Å². The summed E-state index contributed by atoms with van der Waals surface area (Å²) in [5.74, 6) is 0.520. The maximum atomic E-state index is 13.9. The fourth-order valence-corrected chi connectivity index (χ4v) is 6.65. The number of piperazine rings is 1. The Morgan fingerprint density at radius 3 is 2.59 bits per heavy atom. The zero-order chi connectivity index (χ0) is 27.1. The summed E-state index contributed by atoms with van der Waals surface area (Å²) < 4.78 is 7.28. The van der Waals surface area contributed by atoms with Crippen molar-refractivity contribution in [3.05, 3.63) is 75.2 Å². The second kappa shape index (κ2) is 10.8. The number of pyridine rings is 1. The number of carbonyl (C=O) groups is 1. The lowest BCUT2D eigenvalue weighted by Gasteiger charge is -2.39. The number of carbonyl (C=O) groups excluding carboxylic acids is 1. The molecule has 0 bridgehead atoms. The lowest BCUT2D eigenvalue weighted by atomic mass is 9.89. The van der Waals surface area contributed by atoms with Gasteiger partial charge in [0.05, 0.1) is 10.5 Å². The van der Waals surface area contributed by atoms with Crippen molar-refractivity contribution >= 4 is 39.3 Å². The van der Waals surface area contributed by atoms with Crippen molar-refractivity contribution in [1.82, 2.24) is 24.8 Å². The minimum Gasteiger partial charge on any atom is -0.360 e. The molecular weight excluding hydrogens is 514 g/mol. The van der Waals surface area contributed by atoms with Gasteiger partial charge in [-0.05, 0) is 57.4 Å². The van der Waals surface area contributed by atoms with Crippen LogP contribution in [0.5, 0.6) is 0 Å². The van der Waals surface area contributed by atoms with Crippen LogP contribution in [0.25, 0.3) is 21.8 Å². The molecule has 8 nitrogen and oxygen atoms in total. The molecule has 39 heavy (non-hydrogen) atoms. The lowest BCUT2D eigenvalue weighted by molar-refractivity contribution is -0.128. The highest BCUT2D eigenvalue weighted by atomic mass is 35.5. The fraction of sp³-hybridized carbons (Fsp3) is 0.433. The summed E-state index contributed by atoms with van der Waals surface area (Å²) in [7, 11) is 2.12. The van der Waals surface area contributed by atoms with Crippen LogP contribution in [0.2, 0.25) is 5.02 Å². The topological polar surface area (TPSA) is 83.6 Å². The van der Waals surface area contributed by atoms with Crippen LogP contribution in [0, 0.1) is 6.92 Å². The minimum absolute atomic E-state index is 0.0296. The van der Waals surface area contributed by atoms with E-state index in [4.69, 9.17) is 16.1 Å². The molecule has 0 radical (unpaired) electrons. The Balaban J connectivity index is 1.30. The molecule has 0 spiro atoms. The van der Waals surface area contributed by atoms with Crippen molar-refractivity contribution in [2.45, 2.75) is 50.7 Å². The van der Waals surface area contributed by atoms with Crippen molar-refractivity contribution in [2.24, 2.45) is 0 Å². The minimum atomic E-state index is -0.335. The Hall–Kier alpha value is -3.20. The van der Waals surface area contributed by atoms with Gasteiger partial charge in [-0.25, -0.2) is 0 Å². The summed E-state index contributed by atoms with van der Waals surface area (Å²) in [5, 5.41) is 9.30. The maximum Gasteiger partial charge on any atom is 0.264 e. The Morgan fingerprint density at radius 1 is 1.05 bits per heavy atom. The zero-order valence-corrected chi connectivity index (χ0v) is 23.2. The smallest absolute Gasteiger partial charge is 0.264 e. The molecule has 1 saturated carbocycles. The van der Waals surface area contributed by atoms with E-state index in [0.717, 1.165) is 61.9 Å². The van der Waals surface area contributed by atoms with E-state index in [2.05, 4.69) is 27.3 Å². The number of benzene rings is 2. The highest BCUT2D eigenvalue weighted by Crippen LogP contribution is 2.35. The van der Waals surface area contributed by atoms with E-state index < -0.39 is 0 Å². The zero-order valence-electron chi connectivity index (χ0n) is 22.4. The third-order valence-corrected chi connectivity index (χ3v) is 8.72. The van der Waals surface area contributed by atoms with Crippen LogP contribution >= 0.6 is 11.6 Å². The summed E-state index contributed by atoms with van der Waals surface area (Å²) in [5.41, 5.74) is 2.16. The Bertz CT molecular complexity index is 1560. The number of hydrogen-bond donors (Lipinski definition) is 1. The summed E-state index contributed by atoms with van der Waals surface area (Å²) in [6, 6.07) is 15.2. The molecule has 1 N–H and O–H groups in total. The van der Waals surface area contributed by atoms with Crippen LogP contribution < -0.4 is 10.9 Å². The number of hydrogen-bond acceptors (Lipinski definition) is 6. The second-order valence-corrected chi connectivity index (χ2v) is 11.4. The highest BCUT2D eigenvalue weighted by Gasteiger charge is 2.33. The molecule has 2 fully saturated rings. The average Bonchev–Trinajstić information content (AvgIpc) is 3.32. The quantitative estimate of drug-likeness (QED) is 0.390. The Labute approximate surface area is 232 Å². The van der Waals surface area contributed by atoms with Crippen molar-refractivity contribution in [3.63, 3.8) is 0 Å². The lowest BCUT2D eigenvalue weighted by Crippen LogP contribution is -2.51. The van der Waals surface area contributed by atoms with E-state index in [-0.39, 0.29) is 29.6 Å². The van der Waals surface area contributed by atoms with Gasteiger partial charge >= 0.3 is 0 Å². The number of rotatable bonds is 5. The third kappa shape index (κ3) is 4.86. The summed E-state index contributed by atoms with van der Waals surface area (Å²) in [6.45, 7) is 5.32. The maximum absolute atomic E-state index is 13.9. The van der Waals surface area contributed by atoms with Gasteiger partial charge < -0.3 is 19.3 Å². The summed E-state index contributed by atoms with van der Waals surface area (Å²) in [4.78, 5) is 32.3. The number of likely N-dealkylation sites (N-methyl/N-ethyl adjacent to an activating group) is 1. The van der Waals surface area contributed by atoms with Gasteiger partial charge in [0.2, 0.25) is 5.91 Å². The first-order valence-electron chi connectivity index (χ1n) is 13.8. The van der Waals surface area contributed by atoms with E-state index in [0.29, 0.717) is 28.1 Å². The van der Waals surface area contributed by atoms with Gasteiger partial charge in [-0.3, -0.25) is 14.5 Å². The third-order valence-electron chi connectivity index (χ3n) is 8.41. The van der Waals surface area contributed by atoms with Gasteiger partial charge in [0.25, 0.3) is 5.56 Å². The SMILES string of the molecule is Cc1onc2c1c(=O)n(C1CCCC(NC(=O)C(c3ccccc3)N3CCN(C)CC3)C1)c1cccc(Cl)c21. The molecule has 2 aliphatic rings. The number of fused-ring (bicyclic) bond motifs is 3. The molecule has 3 unspecified atom stereocenters. The predicted molar refractivity (Wildman–Crippen MR) is 153 cm³/mol. The van der Waals surface area contributed by atoms with Crippen molar-refractivity contribution in [2.75, 3.05) is 33.2 Å². The van der Waals surface area contributed by atoms with Gasteiger partial charge in [0.15, 0.2) is 0 Å². The van der Waals surface area contributed by atoms with Crippen LogP contribution in [0.4, 0.5) is 0 Å². The number of amides is 1. The summed E-state index contributed by atoms with van der Waals surface area (Å²) in [6.07, 6.45) is 3.32. The second-order valence-electron chi connectivity index (χ2n) is 10.9. The predicted octanol–water partition coefficient (Wildman–Crippen LogP) is 4.69. The summed E-state index contributed by atoms with van der Waals surface area (Å²) >= 11 is 6.62. The molecule has 6 rings (SSSR count). The van der Waals surface area contributed by atoms with Crippen LogP contribution in [0.15, 0.2) is 57.8 Å². The fourth-order valence-electron chi connectivity index (χ4n) is 6.39. The number of aryl methyl sites for hydroxylation is 1. The molecule has 4 aromatic rings. The molecule has 2 aromatic carbocycles. The first kappa shape index (κ1) is 26.0. The van der Waals surface area contributed by atoms with Crippen LogP contribution in [0.1, 0.15) is 49.1 Å². The molecular formula is C30H34ClN5O3. The molecule has 9 heteroatoms. The standard InChI is InChI=1S/C30H34ClN5O3/c1-19-25-27(33-39-19)26-23(31)12-7-13-24(26)36(30(25)38)22-11-6-10-21(18-22)32-29(37)28(20-8-4-3-5-9-20)35-16-14-34(2)15-17-35/h3-5,7-9,12-13,21-22,28H,6,10-11,14-18H2,1-2H3,(H,32,37). The number of nitrogens with zero attached hydrogens (tertiary/aromatic N) is 4. The van der Waals surface area contributed by atoms with E-state index >= 15 is 0 Å². The first-order chi connectivity index (χ1) is 18.9. The molecule has 1 aliphatic carbocycles. The van der Waals surface area contributed by atoms with Gasteiger partial charge in [-0.1, -0.05) is 53.2 Å². The molecule has 3 heterocycles. The largest absolute Gasteiger partial charge is 0.360 e. The number of halogens is 1. The van der Waals surface area contributed by atoms with Crippen molar-refractivity contribution in [3.8, 4) is 0 Å².